The summed E-state index contributed by atoms with van der Waals surface area (Å²) in [6.07, 6.45) is 9.12. The van der Waals surface area contributed by atoms with Crippen molar-refractivity contribution in [2.75, 3.05) is 0 Å². The van der Waals surface area contributed by atoms with Gasteiger partial charge >= 0.3 is 0 Å². The van der Waals surface area contributed by atoms with Crippen molar-refractivity contribution in [3.05, 3.63) is 99.6 Å². The summed E-state index contributed by atoms with van der Waals surface area (Å²) in [6, 6.07) is 23.6. The van der Waals surface area contributed by atoms with Crippen LogP contribution in [0.25, 0.3) is 57.0 Å². The van der Waals surface area contributed by atoms with E-state index >= 15 is 0 Å². The predicted molar refractivity (Wildman–Crippen MR) is 150 cm³/mol. The van der Waals surface area contributed by atoms with Crippen molar-refractivity contribution in [1.29, 1.82) is 0 Å². The normalized spacial score (nSPS) is 14.0. The van der Waals surface area contributed by atoms with Gasteiger partial charge in [-0.1, -0.05) is 118 Å². The zero-order valence-corrected chi connectivity index (χ0v) is 19.7. The van der Waals surface area contributed by atoms with Gasteiger partial charge in [0.25, 0.3) is 0 Å². The molecule has 0 nitrogen and oxygen atoms in total. The highest BCUT2D eigenvalue weighted by Gasteiger charge is 2.34. The number of benzene rings is 5. The Kier molecular flexibility index (Phi) is 3.38. The van der Waals surface area contributed by atoms with Gasteiger partial charge in [0, 0.05) is 0 Å². The Labute approximate surface area is 200 Å². The van der Waals surface area contributed by atoms with Crippen molar-refractivity contribution in [1.82, 2.24) is 0 Å². The molecule has 1 heteroatoms. The quantitative estimate of drug-likeness (QED) is 0.265. The van der Waals surface area contributed by atoms with Crippen LogP contribution in [0.3, 0.4) is 0 Å². The molecule has 0 N–H and O–H groups in total. The SMILES string of the molecule is Cc1cc(C)c(B2c3ccc4c5c(ccc(c35)-c3ccc5c6c(ccc2c36)C=C5)C=C4)c(C)c1. The molecule has 0 saturated heterocycles. The smallest absolute Gasteiger partial charge is 0.0657 e. The molecule has 1 aliphatic heterocycles. The molecule has 158 valence electrons. The molecule has 5 aromatic rings. The topological polar surface area (TPSA) is 0 Å². The van der Waals surface area contributed by atoms with Crippen LogP contribution in [0.5, 0.6) is 0 Å². The Morgan fingerprint density at radius 1 is 0.471 bits per heavy atom. The molecular weight excluding hydrogens is 407 g/mol. The Morgan fingerprint density at radius 2 is 0.882 bits per heavy atom. The van der Waals surface area contributed by atoms with Gasteiger partial charge in [0.2, 0.25) is 6.71 Å². The van der Waals surface area contributed by atoms with E-state index in [0.717, 1.165) is 0 Å². The van der Waals surface area contributed by atoms with E-state index in [1.165, 1.54) is 88.0 Å². The number of rotatable bonds is 1. The molecule has 34 heavy (non-hydrogen) atoms. The zero-order chi connectivity index (χ0) is 22.7. The van der Waals surface area contributed by atoms with E-state index in [2.05, 4.69) is 106 Å². The minimum Gasteiger partial charge on any atom is -0.0657 e. The molecule has 1 heterocycles. The van der Waals surface area contributed by atoms with Crippen molar-refractivity contribution >= 4 is 69.0 Å². The summed E-state index contributed by atoms with van der Waals surface area (Å²) in [6.45, 7) is 7.01. The van der Waals surface area contributed by atoms with Gasteiger partial charge in [-0.25, -0.2) is 0 Å². The largest absolute Gasteiger partial charge is 0.243 e. The maximum Gasteiger partial charge on any atom is 0.243 e. The van der Waals surface area contributed by atoms with Crippen molar-refractivity contribution in [2.24, 2.45) is 0 Å². The average molecular weight is 430 g/mol. The van der Waals surface area contributed by atoms with Gasteiger partial charge in [0.15, 0.2) is 0 Å². The standard InChI is InChI=1S/C33H23B/c1-18-16-19(2)33(20(3)17-18)34-27-14-10-23-6-4-21-8-12-25(31(27)29(21)23)26-13-9-22-5-7-24-11-15-28(34)32(26)30(22)24/h4-17H,1-3H3. The highest BCUT2D eigenvalue weighted by atomic mass is 14.3. The molecule has 0 aromatic heterocycles. The minimum atomic E-state index is 0.204. The second kappa shape index (κ2) is 6.18. The van der Waals surface area contributed by atoms with Gasteiger partial charge < -0.3 is 0 Å². The van der Waals surface area contributed by atoms with E-state index in [0.29, 0.717) is 0 Å². The lowest BCUT2D eigenvalue weighted by atomic mass is 9.34. The van der Waals surface area contributed by atoms with E-state index in [-0.39, 0.29) is 6.71 Å². The van der Waals surface area contributed by atoms with Crippen LogP contribution in [-0.4, -0.2) is 6.71 Å². The van der Waals surface area contributed by atoms with Crippen LogP contribution < -0.4 is 16.4 Å². The Hall–Kier alpha value is -3.84. The predicted octanol–water partition coefficient (Wildman–Crippen LogP) is 6.38. The summed E-state index contributed by atoms with van der Waals surface area (Å²) in [4.78, 5) is 0. The first kappa shape index (κ1) is 18.6. The molecule has 0 spiro atoms. The second-order valence-corrected chi connectivity index (χ2v) is 10.3. The van der Waals surface area contributed by atoms with Crippen molar-refractivity contribution in [3.8, 4) is 11.1 Å². The molecule has 5 aromatic carbocycles. The lowest BCUT2D eigenvalue weighted by Crippen LogP contribution is -2.54. The molecule has 8 rings (SSSR count). The molecule has 0 fully saturated rings. The third-order valence-electron chi connectivity index (χ3n) is 8.34. The molecule has 3 aliphatic rings. The van der Waals surface area contributed by atoms with Gasteiger partial charge in [-0.15, -0.1) is 0 Å². The average Bonchev–Trinajstić information content (AvgIpc) is 3.42. The van der Waals surface area contributed by atoms with Crippen LogP contribution in [0.4, 0.5) is 0 Å². The maximum absolute atomic E-state index is 2.41. The number of aryl methyl sites for hydroxylation is 3. The van der Waals surface area contributed by atoms with Crippen LogP contribution in [0.15, 0.2) is 60.7 Å². The molecule has 0 bridgehead atoms. The third-order valence-corrected chi connectivity index (χ3v) is 8.34. The fraction of sp³-hybridized carbons (Fsp3) is 0.0909. The number of hydrogen-bond donors (Lipinski definition) is 0. The summed E-state index contributed by atoms with van der Waals surface area (Å²) in [5, 5.41) is 5.70. The molecule has 0 atom stereocenters. The lowest BCUT2D eigenvalue weighted by molar-refractivity contribution is 1.35. The first-order valence-corrected chi connectivity index (χ1v) is 12.2. The van der Waals surface area contributed by atoms with E-state index in [4.69, 9.17) is 0 Å². The van der Waals surface area contributed by atoms with Crippen LogP contribution in [-0.2, 0) is 0 Å². The van der Waals surface area contributed by atoms with Gasteiger partial charge in [-0.3, -0.25) is 0 Å². The van der Waals surface area contributed by atoms with Crippen LogP contribution in [0.1, 0.15) is 38.9 Å². The Balaban J connectivity index is 1.64. The highest BCUT2D eigenvalue weighted by molar-refractivity contribution is 6.99. The molecule has 0 amide bonds. The monoisotopic (exact) mass is 430 g/mol. The fourth-order valence-corrected chi connectivity index (χ4v) is 7.12. The van der Waals surface area contributed by atoms with Gasteiger partial charge in [-0.2, -0.15) is 0 Å². The van der Waals surface area contributed by atoms with Crippen molar-refractivity contribution in [2.45, 2.75) is 20.8 Å². The minimum absolute atomic E-state index is 0.204. The molecular formula is C33H23B. The van der Waals surface area contributed by atoms with Gasteiger partial charge in [0.1, 0.15) is 0 Å². The van der Waals surface area contributed by atoms with Crippen molar-refractivity contribution in [3.63, 3.8) is 0 Å². The Bertz CT molecular complexity index is 1680. The van der Waals surface area contributed by atoms with E-state index in [1.54, 1.807) is 0 Å². The molecule has 0 radical (unpaired) electrons. The van der Waals surface area contributed by atoms with Crippen LogP contribution in [0, 0.1) is 20.8 Å². The zero-order valence-electron chi connectivity index (χ0n) is 19.7. The van der Waals surface area contributed by atoms with Gasteiger partial charge in [-0.05, 0) is 75.7 Å². The second-order valence-electron chi connectivity index (χ2n) is 10.3. The lowest BCUT2D eigenvalue weighted by Gasteiger charge is -2.23. The van der Waals surface area contributed by atoms with E-state index in [1.807, 2.05) is 0 Å². The summed E-state index contributed by atoms with van der Waals surface area (Å²) in [5.74, 6) is 0. The first-order chi connectivity index (χ1) is 16.6. The molecule has 0 saturated carbocycles. The third kappa shape index (κ3) is 2.16. The van der Waals surface area contributed by atoms with Crippen molar-refractivity contribution < 1.29 is 0 Å². The number of hydrogen-bond acceptors (Lipinski definition) is 0. The number of fused-ring (bicyclic) bond motifs is 1. The van der Waals surface area contributed by atoms with E-state index < -0.39 is 0 Å². The molecule has 0 unspecified atom stereocenters. The first-order valence-electron chi connectivity index (χ1n) is 12.2. The maximum atomic E-state index is 2.41. The summed E-state index contributed by atoms with van der Waals surface area (Å²) in [5.41, 5.74) is 16.6. The van der Waals surface area contributed by atoms with Gasteiger partial charge in [0.05, 0.1) is 0 Å². The van der Waals surface area contributed by atoms with Crippen LogP contribution >= 0.6 is 0 Å². The van der Waals surface area contributed by atoms with E-state index in [9.17, 15) is 0 Å². The summed E-state index contributed by atoms with van der Waals surface area (Å²) < 4.78 is 0. The Morgan fingerprint density at radius 3 is 1.32 bits per heavy atom. The highest BCUT2D eigenvalue weighted by Crippen LogP contribution is 2.43. The fourth-order valence-electron chi connectivity index (χ4n) is 7.12. The molecule has 2 aliphatic carbocycles. The summed E-state index contributed by atoms with van der Waals surface area (Å²) >= 11 is 0. The summed E-state index contributed by atoms with van der Waals surface area (Å²) in [7, 11) is 0. The van der Waals surface area contributed by atoms with Crippen LogP contribution in [0.2, 0.25) is 0 Å².